The van der Waals surface area contributed by atoms with Crippen molar-refractivity contribution in [3.8, 4) is 0 Å². The molecule has 0 radical (unpaired) electrons. The molecule has 3 nitrogen and oxygen atoms in total. The third-order valence-corrected chi connectivity index (χ3v) is 5.88. The van der Waals surface area contributed by atoms with Crippen molar-refractivity contribution in [1.82, 2.24) is 0 Å². The van der Waals surface area contributed by atoms with Gasteiger partial charge in [-0.15, -0.1) is 0 Å². The summed E-state index contributed by atoms with van der Waals surface area (Å²) in [6.45, 7) is 5.45. The molecular weight excluding hydrogens is 386 g/mol. The SMILES string of the molecule is CC.CC(Cc1cc(F)c(Cc2ccccc2)cc1F)C1(OCO)CCC(=O)CC1. The number of aliphatic hydroxyl groups is 1. The molecule has 0 saturated heterocycles. The van der Waals surface area contributed by atoms with E-state index in [0.29, 0.717) is 43.2 Å². The summed E-state index contributed by atoms with van der Waals surface area (Å²) in [5.74, 6) is -0.859. The van der Waals surface area contributed by atoms with Gasteiger partial charge in [-0.1, -0.05) is 51.1 Å². The fraction of sp³-hybridized carbons (Fsp3) is 0.480. The molecule has 5 heteroatoms. The van der Waals surface area contributed by atoms with E-state index in [1.807, 2.05) is 51.1 Å². The molecule has 1 aliphatic carbocycles. The maximum atomic E-state index is 14.7. The molecule has 0 aliphatic heterocycles. The third kappa shape index (κ3) is 5.96. The van der Waals surface area contributed by atoms with E-state index in [0.717, 1.165) is 5.56 Å². The van der Waals surface area contributed by atoms with Crippen LogP contribution >= 0.6 is 0 Å². The molecule has 2 aromatic rings. The normalized spacial score (nSPS) is 16.5. The molecule has 0 amide bonds. The second-order valence-corrected chi connectivity index (χ2v) is 7.68. The molecule has 164 valence electrons. The van der Waals surface area contributed by atoms with E-state index >= 15 is 0 Å². The lowest BCUT2D eigenvalue weighted by molar-refractivity contribution is -0.164. The summed E-state index contributed by atoms with van der Waals surface area (Å²) in [5, 5.41) is 9.30. The Hall–Kier alpha value is -2.11. The van der Waals surface area contributed by atoms with Crippen LogP contribution in [0.3, 0.4) is 0 Å². The topological polar surface area (TPSA) is 46.5 Å². The minimum Gasteiger partial charge on any atom is -0.371 e. The van der Waals surface area contributed by atoms with E-state index in [1.165, 1.54) is 12.1 Å². The van der Waals surface area contributed by atoms with Crippen molar-refractivity contribution in [2.24, 2.45) is 5.92 Å². The average molecular weight is 419 g/mol. The Balaban J connectivity index is 0.00000155. The second-order valence-electron chi connectivity index (χ2n) is 7.68. The molecular formula is C25H32F2O3. The highest BCUT2D eigenvalue weighted by Crippen LogP contribution is 2.38. The number of rotatable bonds is 7. The third-order valence-electron chi connectivity index (χ3n) is 5.88. The van der Waals surface area contributed by atoms with Gasteiger partial charge >= 0.3 is 0 Å². The summed E-state index contributed by atoms with van der Waals surface area (Å²) < 4.78 is 35.0. The molecule has 1 N–H and O–H groups in total. The van der Waals surface area contributed by atoms with Crippen molar-refractivity contribution in [3.63, 3.8) is 0 Å². The zero-order valence-corrected chi connectivity index (χ0v) is 18.1. The summed E-state index contributed by atoms with van der Waals surface area (Å²) in [6.07, 6.45) is 2.36. The molecule has 2 aromatic carbocycles. The Kier molecular flexibility index (Phi) is 9.12. The number of ether oxygens (including phenoxy) is 1. The average Bonchev–Trinajstić information content (AvgIpc) is 2.76. The zero-order valence-electron chi connectivity index (χ0n) is 18.1. The van der Waals surface area contributed by atoms with Crippen LogP contribution in [0.25, 0.3) is 0 Å². The van der Waals surface area contributed by atoms with Gasteiger partial charge < -0.3 is 9.84 Å². The fourth-order valence-electron chi connectivity index (χ4n) is 4.11. The monoisotopic (exact) mass is 418 g/mol. The smallest absolute Gasteiger partial charge is 0.144 e. The van der Waals surface area contributed by atoms with Gasteiger partial charge in [0.25, 0.3) is 0 Å². The predicted octanol–water partition coefficient (Wildman–Crippen LogP) is 5.61. The van der Waals surface area contributed by atoms with E-state index in [9.17, 15) is 18.7 Å². The van der Waals surface area contributed by atoms with Crippen LogP contribution in [-0.2, 0) is 22.4 Å². The first kappa shape index (κ1) is 24.2. The van der Waals surface area contributed by atoms with Crippen LogP contribution in [0.5, 0.6) is 0 Å². The molecule has 0 spiro atoms. The first-order valence-corrected chi connectivity index (χ1v) is 10.7. The summed E-state index contributed by atoms with van der Waals surface area (Å²) >= 11 is 0. The lowest BCUT2D eigenvalue weighted by Gasteiger charge is -2.41. The predicted molar refractivity (Wildman–Crippen MR) is 114 cm³/mol. The first-order chi connectivity index (χ1) is 14.4. The molecule has 1 aliphatic rings. The first-order valence-electron chi connectivity index (χ1n) is 10.7. The minimum absolute atomic E-state index is 0.165. The number of carbonyl (C=O) groups is 1. The highest BCUT2D eigenvalue weighted by atomic mass is 19.1. The fourth-order valence-corrected chi connectivity index (χ4v) is 4.11. The van der Waals surface area contributed by atoms with Crippen LogP contribution in [0.4, 0.5) is 8.78 Å². The Morgan fingerprint density at radius 3 is 2.20 bits per heavy atom. The minimum atomic E-state index is -0.686. The number of benzene rings is 2. The Labute approximate surface area is 178 Å². The van der Waals surface area contributed by atoms with Gasteiger partial charge in [-0.25, -0.2) is 8.78 Å². The number of carbonyl (C=O) groups excluding carboxylic acids is 1. The summed E-state index contributed by atoms with van der Waals surface area (Å²) in [7, 11) is 0. The number of Topliss-reactive ketones (excluding diaryl/α,β-unsaturated/α-hetero) is 1. The van der Waals surface area contributed by atoms with Crippen molar-refractivity contribution < 1.29 is 23.4 Å². The van der Waals surface area contributed by atoms with Gasteiger partial charge in [0.1, 0.15) is 24.2 Å². The molecule has 1 fully saturated rings. The number of aliphatic hydroxyl groups excluding tert-OH is 1. The summed E-state index contributed by atoms with van der Waals surface area (Å²) in [4.78, 5) is 11.6. The van der Waals surface area contributed by atoms with Crippen molar-refractivity contribution in [1.29, 1.82) is 0 Å². The Morgan fingerprint density at radius 1 is 1.03 bits per heavy atom. The quantitative estimate of drug-likeness (QED) is 0.595. The molecule has 0 bridgehead atoms. The maximum Gasteiger partial charge on any atom is 0.144 e. The largest absolute Gasteiger partial charge is 0.371 e. The maximum absolute atomic E-state index is 14.7. The van der Waals surface area contributed by atoms with E-state index in [-0.39, 0.29) is 18.1 Å². The van der Waals surface area contributed by atoms with E-state index < -0.39 is 24.0 Å². The molecule has 0 aromatic heterocycles. The van der Waals surface area contributed by atoms with Crippen LogP contribution in [0.1, 0.15) is 63.1 Å². The highest BCUT2D eigenvalue weighted by molar-refractivity contribution is 5.79. The number of ketones is 1. The molecule has 1 atom stereocenters. The Morgan fingerprint density at radius 2 is 1.60 bits per heavy atom. The van der Waals surface area contributed by atoms with Gasteiger partial charge in [-0.3, -0.25) is 4.79 Å². The molecule has 1 saturated carbocycles. The van der Waals surface area contributed by atoms with E-state index in [4.69, 9.17) is 4.74 Å². The van der Waals surface area contributed by atoms with Crippen LogP contribution in [0.2, 0.25) is 0 Å². The van der Waals surface area contributed by atoms with Crippen molar-refractivity contribution in [2.45, 2.75) is 64.9 Å². The highest BCUT2D eigenvalue weighted by Gasteiger charge is 2.40. The van der Waals surface area contributed by atoms with Crippen LogP contribution in [0.15, 0.2) is 42.5 Å². The summed E-state index contributed by atoms with van der Waals surface area (Å²) in [6, 6.07) is 11.9. The number of halogens is 2. The van der Waals surface area contributed by atoms with Crippen LogP contribution in [0, 0.1) is 17.6 Å². The van der Waals surface area contributed by atoms with Gasteiger partial charge in [0, 0.05) is 19.3 Å². The van der Waals surface area contributed by atoms with Gasteiger partial charge in [-0.2, -0.15) is 0 Å². The van der Waals surface area contributed by atoms with Crippen molar-refractivity contribution >= 4 is 5.78 Å². The summed E-state index contributed by atoms with van der Waals surface area (Å²) in [5.41, 5.74) is 0.849. The van der Waals surface area contributed by atoms with Crippen molar-refractivity contribution in [3.05, 3.63) is 70.8 Å². The molecule has 3 rings (SSSR count). The van der Waals surface area contributed by atoms with Gasteiger partial charge in [0.15, 0.2) is 0 Å². The van der Waals surface area contributed by atoms with Gasteiger partial charge in [0.2, 0.25) is 0 Å². The number of hydrogen-bond donors (Lipinski definition) is 1. The van der Waals surface area contributed by atoms with E-state index in [1.54, 1.807) is 0 Å². The molecule has 30 heavy (non-hydrogen) atoms. The van der Waals surface area contributed by atoms with Crippen LogP contribution in [-0.4, -0.2) is 23.3 Å². The van der Waals surface area contributed by atoms with Crippen molar-refractivity contribution in [2.75, 3.05) is 6.79 Å². The van der Waals surface area contributed by atoms with Gasteiger partial charge in [0.05, 0.1) is 5.60 Å². The molecule has 1 unspecified atom stereocenters. The lowest BCUT2D eigenvalue weighted by Crippen LogP contribution is -2.44. The second kappa shape index (κ2) is 11.3. The Bertz CT molecular complexity index is 811. The standard InChI is InChI=1S/C23H26F2O3.C2H6/c1-16(23(28-15-26)9-7-20(27)8-10-23)11-18-13-22(25)19(14-21(18)24)12-17-5-3-2-4-6-17;1-2/h2-6,13-14,16,26H,7-12,15H2,1H3;1-2H3. The zero-order chi connectivity index (χ0) is 22.1. The number of hydrogen-bond acceptors (Lipinski definition) is 3. The van der Waals surface area contributed by atoms with Crippen LogP contribution < -0.4 is 0 Å². The lowest BCUT2D eigenvalue weighted by atomic mass is 9.73. The van der Waals surface area contributed by atoms with E-state index in [2.05, 4.69) is 0 Å². The van der Waals surface area contributed by atoms with Gasteiger partial charge in [-0.05, 0) is 54.0 Å². The molecule has 0 heterocycles.